The first-order valence-electron chi connectivity index (χ1n) is 10.2. The number of hydrogen-bond donors (Lipinski definition) is 3. The molecule has 1 aromatic heterocycles. The maximum atomic E-state index is 10.8. The molecule has 3 rings (SSSR count). The summed E-state index contributed by atoms with van der Waals surface area (Å²) >= 11 is 12.2. The van der Waals surface area contributed by atoms with Gasteiger partial charge in [-0.05, 0) is 50.5 Å². The summed E-state index contributed by atoms with van der Waals surface area (Å²) in [6.07, 6.45) is 3.38. The molecule has 4 N–H and O–H groups in total. The second kappa shape index (κ2) is 10.6. The third-order valence-electron chi connectivity index (χ3n) is 4.99. The number of halogens is 2. The molecule has 0 aliphatic heterocycles. The number of hydrogen-bond acceptors (Lipinski definition) is 5. The normalized spacial score (nSPS) is 11.8. The highest BCUT2D eigenvalue weighted by Gasteiger charge is 2.19. The van der Waals surface area contributed by atoms with Crippen molar-refractivity contribution in [3.8, 4) is 17.2 Å². The van der Waals surface area contributed by atoms with Crippen molar-refractivity contribution in [1.82, 2.24) is 10.3 Å². The predicted molar refractivity (Wildman–Crippen MR) is 129 cm³/mol. The van der Waals surface area contributed by atoms with Gasteiger partial charge < -0.3 is 25.8 Å². The Hall–Kier alpha value is -2.90. The zero-order valence-corrected chi connectivity index (χ0v) is 19.7. The van der Waals surface area contributed by atoms with Crippen LogP contribution in [0.5, 0.6) is 17.2 Å². The van der Waals surface area contributed by atoms with Crippen LogP contribution in [0.4, 0.5) is 10.5 Å². The first-order valence-corrected chi connectivity index (χ1v) is 10.9. The number of rotatable bonds is 9. The highest BCUT2D eigenvalue weighted by molar-refractivity contribution is 6.42. The molecule has 7 nitrogen and oxygen atoms in total. The van der Waals surface area contributed by atoms with Crippen LogP contribution in [-0.2, 0) is 0 Å². The summed E-state index contributed by atoms with van der Waals surface area (Å²) in [7, 11) is 1.59. The van der Waals surface area contributed by atoms with E-state index in [1.54, 1.807) is 31.5 Å². The Labute approximate surface area is 197 Å². The van der Waals surface area contributed by atoms with E-state index in [0.717, 1.165) is 35.0 Å². The van der Waals surface area contributed by atoms with E-state index in [1.165, 1.54) is 0 Å². The van der Waals surface area contributed by atoms with Crippen molar-refractivity contribution in [3.63, 3.8) is 0 Å². The summed E-state index contributed by atoms with van der Waals surface area (Å²) in [5, 5.41) is 7.80. The molecule has 0 saturated heterocycles. The molecule has 0 radical (unpaired) electrons. The molecule has 3 aromatic rings. The first kappa shape index (κ1) is 23.8. The van der Waals surface area contributed by atoms with Crippen molar-refractivity contribution in [2.24, 2.45) is 5.73 Å². The number of pyridine rings is 1. The topological polar surface area (TPSA) is 98.5 Å². The summed E-state index contributed by atoms with van der Waals surface area (Å²) in [6.45, 7) is 4.59. The molecular formula is C23H26Cl2N4O3. The van der Waals surface area contributed by atoms with Crippen molar-refractivity contribution in [2.45, 2.75) is 32.7 Å². The van der Waals surface area contributed by atoms with Crippen LogP contribution in [0.2, 0.25) is 10.0 Å². The van der Waals surface area contributed by atoms with Crippen LogP contribution in [0.1, 0.15) is 25.3 Å². The van der Waals surface area contributed by atoms with Crippen molar-refractivity contribution >= 4 is 45.8 Å². The van der Waals surface area contributed by atoms with Gasteiger partial charge in [-0.25, -0.2) is 4.79 Å². The first-order chi connectivity index (χ1) is 15.3. The van der Waals surface area contributed by atoms with Gasteiger partial charge in [0.25, 0.3) is 0 Å². The number of methoxy groups -OCH3 is 1. The van der Waals surface area contributed by atoms with Gasteiger partial charge in [0.1, 0.15) is 5.75 Å². The van der Waals surface area contributed by atoms with Crippen molar-refractivity contribution < 1.29 is 14.3 Å². The second-order valence-corrected chi connectivity index (χ2v) is 8.28. The average Bonchev–Trinajstić information content (AvgIpc) is 2.75. The van der Waals surface area contributed by atoms with Crippen LogP contribution in [0.3, 0.4) is 0 Å². The van der Waals surface area contributed by atoms with Crippen molar-refractivity contribution in [3.05, 3.63) is 52.1 Å². The minimum atomic E-state index is -0.515. The van der Waals surface area contributed by atoms with E-state index in [9.17, 15) is 4.79 Å². The number of aromatic nitrogens is 1. The Morgan fingerprint density at radius 1 is 1.22 bits per heavy atom. The number of ether oxygens (including phenoxy) is 2. The highest BCUT2D eigenvalue weighted by Crippen LogP contribution is 2.44. The quantitative estimate of drug-likeness (QED) is 0.334. The van der Waals surface area contributed by atoms with E-state index in [4.69, 9.17) is 38.4 Å². The molecule has 0 fully saturated rings. The summed E-state index contributed by atoms with van der Waals surface area (Å²) in [5.41, 5.74) is 7.70. The molecule has 2 amide bonds. The Morgan fingerprint density at radius 3 is 2.69 bits per heavy atom. The van der Waals surface area contributed by atoms with Gasteiger partial charge in [-0.1, -0.05) is 23.2 Å². The van der Waals surface area contributed by atoms with Crippen LogP contribution in [0.15, 0.2) is 36.5 Å². The Kier molecular flexibility index (Phi) is 7.88. The number of nitrogens with one attached hydrogen (secondary N) is 2. The molecular weight excluding hydrogens is 451 g/mol. The number of primary amides is 1. The van der Waals surface area contributed by atoms with E-state index in [1.807, 2.05) is 19.1 Å². The SMILES string of the molecule is COc1cc(NC(C)CCCNC(N)=O)c2nccc(C)c2c1Oc1ccc(Cl)c(Cl)c1. The Bertz CT molecular complexity index is 1120. The van der Waals surface area contributed by atoms with Crippen molar-refractivity contribution in [1.29, 1.82) is 0 Å². The van der Waals surface area contributed by atoms with Gasteiger partial charge in [0.2, 0.25) is 0 Å². The monoisotopic (exact) mass is 476 g/mol. The number of carbonyl (C=O) groups is 1. The van der Waals surface area contributed by atoms with Gasteiger partial charge >= 0.3 is 6.03 Å². The van der Waals surface area contributed by atoms with E-state index in [-0.39, 0.29) is 6.04 Å². The molecule has 0 spiro atoms. The standard InChI is InChI=1S/C23H26Cl2N4O3/c1-13-8-10-27-21-18(29-14(2)5-4-9-28-23(26)30)12-19(31-3)22(20(13)21)32-15-6-7-16(24)17(25)11-15/h6-8,10-12,14,29H,4-5,9H2,1-3H3,(H3,26,28,30). The number of aryl methyl sites for hydroxylation is 1. The van der Waals surface area contributed by atoms with Crippen LogP contribution in [0.25, 0.3) is 10.9 Å². The van der Waals surface area contributed by atoms with Crippen molar-refractivity contribution in [2.75, 3.05) is 19.0 Å². The molecule has 0 bridgehead atoms. The molecule has 0 aliphatic carbocycles. The molecule has 0 saturated carbocycles. The summed E-state index contributed by atoms with van der Waals surface area (Å²) in [4.78, 5) is 15.4. The number of urea groups is 1. The minimum Gasteiger partial charge on any atom is -0.493 e. The molecule has 9 heteroatoms. The predicted octanol–water partition coefficient (Wildman–Crippen LogP) is 5.90. The lowest BCUT2D eigenvalue weighted by atomic mass is 10.1. The molecule has 2 aromatic carbocycles. The molecule has 1 heterocycles. The zero-order chi connectivity index (χ0) is 23.3. The van der Waals surface area contributed by atoms with Gasteiger partial charge in [-0.2, -0.15) is 0 Å². The van der Waals surface area contributed by atoms with Crippen LogP contribution < -0.4 is 25.8 Å². The van der Waals surface area contributed by atoms with E-state index >= 15 is 0 Å². The number of nitrogens with two attached hydrogens (primary N) is 1. The van der Waals surface area contributed by atoms with Gasteiger partial charge in [-0.3, -0.25) is 4.98 Å². The number of carbonyl (C=O) groups excluding carboxylic acids is 1. The number of fused-ring (bicyclic) bond motifs is 1. The van der Waals surface area contributed by atoms with Gasteiger partial charge in [0, 0.05) is 30.9 Å². The zero-order valence-electron chi connectivity index (χ0n) is 18.2. The summed E-state index contributed by atoms with van der Waals surface area (Å²) in [6, 6.07) is 8.50. The maximum Gasteiger partial charge on any atom is 0.312 e. The van der Waals surface area contributed by atoms with Gasteiger partial charge in [0.15, 0.2) is 11.5 Å². The fraction of sp³-hybridized carbons (Fsp3) is 0.304. The smallest absolute Gasteiger partial charge is 0.312 e. The Balaban J connectivity index is 1.94. The van der Waals surface area contributed by atoms with E-state index in [2.05, 4.69) is 22.5 Å². The fourth-order valence-electron chi connectivity index (χ4n) is 3.42. The van der Waals surface area contributed by atoms with Crippen LogP contribution in [0, 0.1) is 6.92 Å². The molecule has 0 aliphatic rings. The number of anilines is 1. The van der Waals surface area contributed by atoms with Crippen LogP contribution >= 0.6 is 23.2 Å². The lowest BCUT2D eigenvalue weighted by Gasteiger charge is -2.21. The molecule has 1 unspecified atom stereocenters. The highest BCUT2D eigenvalue weighted by atomic mass is 35.5. The summed E-state index contributed by atoms with van der Waals surface area (Å²) < 4.78 is 11.9. The maximum absolute atomic E-state index is 10.8. The molecule has 32 heavy (non-hydrogen) atoms. The largest absolute Gasteiger partial charge is 0.493 e. The minimum absolute atomic E-state index is 0.127. The third-order valence-corrected chi connectivity index (χ3v) is 5.73. The Morgan fingerprint density at radius 2 is 2.00 bits per heavy atom. The third kappa shape index (κ3) is 5.66. The second-order valence-electron chi connectivity index (χ2n) is 7.46. The van der Waals surface area contributed by atoms with Gasteiger partial charge in [0.05, 0.1) is 33.7 Å². The lowest BCUT2D eigenvalue weighted by molar-refractivity contribution is 0.248. The van der Waals surface area contributed by atoms with Crippen LogP contribution in [-0.4, -0.2) is 30.7 Å². The molecule has 170 valence electrons. The average molecular weight is 477 g/mol. The fourth-order valence-corrected chi connectivity index (χ4v) is 3.70. The number of amides is 2. The number of nitrogens with zero attached hydrogens (tertiary/aromatic N) is 1. The summed E-state index contributed by atoms with van der Waals surface area (Å²) in [5.74, 6) is 1.65. The van der Waals surface area contributed by atoms with E-state index in [0.29, 0.717) is 33.8 Å². The lowest BCUT2D eigenvalue weighted by Crippen LogP contribution is -2.30. The van der Waals surface area contributed by atoms with Gasteiger partial charge in [-0.15, -0.1) is 0 Å². The number of benzene rings is 2. The molecule has 1 atom stereocenters. The van der Waals surface area contributed by atoms with E-state index < -0.39 is 6.03 Å².